The van der Waals surface area contributed by atoms with Crippen LogP contribution in [0.1, 0.15) is 24.9 Å². The Kier molecular flexibility index (Phi) is 9.32. The summed E-state index contributed by atoms with van der Waals surface area (Å²) in [5, 5.41) is 13.0. The van der Waals surface area contributed by atoms with Crippen molar-refractivity contribution in [2.45, 2.75) is 19.4 Å². The van der Waals surface area contributed by atoms with Crippen LogP contribution in [-0.2, 0) is 9.53 Å². The van der Waals surface area contributed by atoms with Crippen LogP contribution in [0.5, 0.6) is 0 Å². The van der Waals surface area contributed by atoms with Gasteiger partial charge in [-0.1, -0.05) is 29.3 Å². The molecule has 1 aromatic carbocycles. The summed E-state index contributed by atoms with van der Waals surface area (Å²) in [6, 6.07) is 7.18. The molecule has 1 unspecified atom stereocenters. The van der Waals surface area contributed by atoms with Gasteiger partial charge in [0, 0.05) is 49.2 Å². The fraction of sp³-hybridized carbons (Fsp3) is 0.579. The van der Waals surface area contributed by atoms with E-state index in [1.165, 1.54) is 0 Å². The van der Waals surface area contributed by atoms with Crippen LogP contribution in [-0.4, -0.2) is 68.2 Å². The third-order valence-electron chi connectivity index (χ3n) is 4.55. The highest BCUT2D eigenvalue weighted by Crippen LogP contribution is 2.26. The summed E-state index contributed by atoms with van der Waals surface area (Å²) in [5.74, 6) is -0.0894. The smallest absolute Gasteiger partial charge is 0.234 e. The molecule has 27 heavy (non-hydrogen) atoms. The molecule has 1 aromatic rings. The summed E-state index contributed by atoms with van der Waals surface area (Å²) in [7, 11) is 0. The van der Waals surface area contributed by atoms with Crippen LogP contribution in [0.4, 0.5) is 0 Å². The first-order chi connectivity index (χ1) is 13.0. The van der Waals surface area contributed by atoms with Crippen molar-refractivity contribution < 1.29 is 9.53 Å². The van der Waals surface area contributed by atoms with Crippen molar-refractivity contribution in [2.75, 3.05) is 52.5 Å². The SMILES string of the molecule is CC(NC(=O)CN(CCC#N)CCN1CCOCC1)c1ccc(Cl)cc1Cl. The lowest BCUT2D eigenvalue weighted by molar-refractivity contribution is -0.123. The zero-order chi connectivity index (χ0) is 19.6. The summed E-state index contributed by atoms with van der Waals surface area (Å²) >= 11 is 12.1. The number of ether oxygens (including phenoxy) is 1. The van der Waals surface area contributed by atoms with Crippen LogP contribution in [0.2, 0.25) is 10.0 Å². The number of hydrogen-bond acceptors (Lipinski definition) is 5. The van der Waals surface area contributed by atoms with E-state index in [1.807, 2.05) is 17.9 Å². The zero-order valence-electron chi connectivity index (χ0n) is 15.6. The quantitative estimate of drug-likeness (QED) is 0.674. The Hall–Kier alpha value is -1.36. The van der Waals surface area contributed by atoms with Gasteiger partial charge in [0.2, 0.25) is 5.91 Å². The Morgan fingerprint density at radius 2 is 2.11 bits per heavy atom. The van der Waals surface area contributed by atoms with Gasteiger partial charge in [-0.05, 0) is 24.6 Å². The van der Waals surface area contributed by atoms with Gasteiger partial charge in [0.15, 0.2) is 0 Å². The third kappa shape index (κ3) is 7.65. The second kappa shape index (κ2) is 11.5. The number of halogens is 2. The monoisotopic (exact) mass is 412 g/mol. The number of hydrogen-bond donors (Lipinski definition) is 1. The Morgan fingerprint density at radius 1 is 1.37 bits per heavy atom. The van der Waals surface area contributed by atoms with Gasteiger partial charge in [-0.3, -0.25) is 14.6 Å². The van der Waals surface area contributed by atoms with Gasteiger partial charge in [0.25, 0.3) is 0 Å². The maximum atomic E-state index is 12.5. The molecule has 1 heterocycles. The largest absolute Gasteiger partial charge is 0.379 e. The Bertz CT molecular complexity index is 660. The minimum atomic E-state index is -0.223. The average Bonchev–Trinajstić information content (AvgIpc) is 2.64. The number of nitriles is 1. The highest BCUT2D eigenvalue weighted by Gasteiger charge is 2.17. The predicted molar refractivity (Wildman–Crippen MR) is 107 cm³/mol. The third-order valence-corrected chi connectivity index (χ3v) is 5.11. The van der Waals surface area contributed by atoms with Crippen LogP contribution in [0, 0.1) is 11.3 Å². The normalized spacial score (nSPS) is 16.1. The van der Waals surface area contributed by atoms with Crippen molar-refractivity contribution in [1.82, 2.24) is 15.1 Å². The molecule has 1 N–H and O–H groups in total. The Labute approximate surface area is 171 Å². The van der Waals surface area contributed by atoms with Gasteiger partial charge in [-0.2, -0.15) is 5.26 Å². The fourth-order valence-corrected chi connectivity index (χ4v) is 3.58. The molecule has 148 valence electrons. The highest BCUT2D eigenvalue weighted by atomic mass is 35.5. The first-order valence-electron chi connectivity index (χ1n) is 9.13. The first kappa shape index (κ1) is 21.9. The van der Waals surface area contributed by atoms with Gasteiger partial charge in [-0.25, -0.2) is 0 Å². The van der Waals surface area contributed by atoms with Gasteiger partial charge < -0.3 is 10.1 Å². The maximum Gasteiger partial charge on any atom is 0.234 e. The van der Waals surface area contributed by atoms with E-state index < -0.39 is 0 Å². The summed E-state index contributed by atoms with van der Waals surface area (Å²) in [6.07, 6.45) is 0.398. The van der Waals surface area contributed by atoms with Gasteiger partial charge in [-0.15, -0.1) is 0 Å². The molecule has 1 saturated heterocycles. The van der Waals surface area contributed by atoms with E-state index in [1.54, 1.807) is 12.1 Å². The Balaban J connectivity index is 1.86. The van der Waals surface area contributed by atoms with Crippen LogP contribution >= 0.6 is 23.2 Å². The molecule has 1 atom stereocenters. The van der Waals surface area contributed by atoms with E-state index in [0.717, 1.165) is 45.0 Å². The molecule has 0 spiro atoms. The second-order valence-corrected chi connectivity index (χ2v) is 7.44. The van der Waals surface area contributed by atoms with Crippen LogP contribution in [0.15, 0.2) is 18.2 Å². The molecule has 0 saturated carbocycles. The highest BCUT2D eigenvalue weighted by molar-refractivity contribution is 6.35. The topological polar surface area (TPSA) is 68.6 Å². The molecular weight excluding hydrogens is 387 g/mol. The van der Waals surface area contributed by atoms with Crippen molar-refractivity contribution >= 4 is 29.1 Å². The summed E-state index contributed by atoms with van der Waals surface area (Å²) in [6.45, 7) is 7.63. The van der Waals surface area contributed by atoms with Crippen LogP contribution in [0.3, 0.4) is 0 Å². The molecule has 0 aliphatic carbocycles. The molecule has 0 radical (unpaired) electrons. The van der Waals surface area contributed by atoms with E-state index in [4.69, 9.17) is 33.2 Å². The number of carbonyl (C=O) groups excluding carboxylic acids is 1. The average molecular weight is 413 g/mol. The lowest BCUT2D eigenvalue weighted by atomic mass is 10.1. The summed E-state index contributed by atoms with van der Waals surface area (Å²) in [5.41, 5.74) is 0.825. The molecule has 1 aliphatic rings. The minimum Gasteiger partial charge on any atom is -0.379 e. The maximum absolute atomic E-state index is 12.5. The molecule has 0 bridgehead atoms. The lowest BCUT2D eigenvalue weighted by Crippen LogP contribution is -2.44. The Morgan fingerprint density at radius 3 is 2.78 bits per heavy atom. The van der Waals surface area contributed by atoms with Crippen molar-refractivity contribution in [1.29, 1.82) is 5.26 Å². The van der Waals surface area contributed by atoms with Crippen LogP contribution < -0.4 is 5.32 Å². The number of rotatable bonds is 9. The number of benzene rings is 1. The van der Waals surface area contributed by atoms with Crippen molar-refractivity contribution in [3.8, 4) is 6.07 Å². The van der Waals surface area contributed by atoms with Gasteiger partial charge in [0.05, 0.1) is 31.9 Å². The summed E-state index contributed by atoms with van der Waals surface area (Å²) in [4.78, 5) is 16.8. The number of nitrogens with zero attached hydrogens (tertiary/aromatic N) is 3. The molecular formula is C19H26Cl2N4O2. The van der Waals surface area contributed by atoms with E-state index in [-0.39, 0.29) is 18.5 Å². The summed E-state index contributed by atoms with van der Waals surface area (Å²) < 4.78 is 5.36. The van der Waals surface area contributed by atoms with E-state index in [9.17, 15) is 4.79 Å². The minimum absolute atomic E-state index is 0.0894. The van der Waals surface area contributed by atoms with E-state index >= 15 is 0 Å². The standard InChI is InChI=1S/C19H26Cl2N4O2/c1-15(17-4-3-16(20)13-18(17)21)23-19(26)14-25(6-2-5-22)8-7-24-9-11-27-12-10-24/h3-4,13,15H,2,6-12,14H2,1H3,(H,23,26). The number of nitrogens with one attached hydrogen (secondary N) is 1. The lowest BCUT2D eigenvalue weighted by Gasteiger charge is -2.29. The van der Waals surface area contributed by atoms with Gasteiger partial charge >= 0.3 is 0 Å². The van der Waals surface area contributed by atoms with Gasteiger partial charge in [0.1, 0.15) is 0 Å². The molecule has 1 aliphatic heterocycles. The first-order valence-corrected chi connectivity index (χ1v) is 9.89. The molecule has 0 aromatic heterocycles. The number of carbonyl (C=O) groups is 1. The molecule has 1 fully saturated rings. The number of morpholine rings is 1. The zero-order valence-corrected chi connectivity index (χ0v) is 17.1. The second-order valence-electron chi connectivity index (χ2n) is 6.59. The molecule has 1 amide bonds. The molecule has 2 rings (SSSR count). The predicted octanol–water partition coefficient (Wildman–Crippen LogP) is 2.72. The molecule has 6 nitrogen and oxygen atoms in total. The van der Waals surface area contributed by atoms with E-state index in [2.05, 4.69) is 16.3 Å². The number of amides is 1. The van der Waals surface area contributed by atoms with Crippen molar-refractivity contribution in [3.63, 3.8) is 0 Å². The van der Waals surface area contributed by atoms with E-state index in [0.29, 0.717) is 23.0 Å². The van der Waals surface area contributed by atoms with Crippen molar-refractivity contribution in [2.24, 2.45) is 0 Å². The van der Waals surface area contributed by atoms with Crippen LogP contribution in [0.25, 0.3) is 0 Å². The fourth-order valence-electron chi connectivity index (χ4n) is 3.01. The van der Waals surface area contributed by atoms with Crippen molar-refractivity contribution in [3.05, 3.63) is 33.8 Å². The molecule has 8 heteroatoms.